The van der Waals surface area contributed by atoms with Crippen molar-refractivity contribution in [3.8, 4) is 5.75 Å². The predicted octanol–water partition coefficient (Wildman–Crippen LogP) is 2.52. The van der Waals surface area contributed by atoms with E-state index in [1.54, 1.807) is 25.3 Å². The highest BCUT2D eigenvalue weighted by Gasteiger charge is 2.15. The molecule has 0 aliphatic rings. The minimum absolute atomic E-state index is 0.0347. The SMILES string of the molecule is Cc1ccc(OCc2cnc(N)s2)c([N+](=O)[O-])c1. The molecule has 0 bridgehead atoms. The van der Waals surface area contributed by atoms with Crippen LogP contribution in [0.1, 0.15) is 10.4 Å². The Morgan fingerprint density at radius 1 is 1.56 bits per heavy atom. The fourth-order valence-corrected chi connectivity index (χ4v) is 2.03. The van der Waals surface area contributed by atoms with Crippen LogP contribution in [0.5, 0.6) is 5.75 Å². The van der Waals surface area contributed by atoms with Crippen molar-refractivity contribution in [2.24, 2.45) is 0 Å². The zero-order valence-electron chi connectivity index (χ0n) is 9.62. The maximum atomic E-state index is 10.9. The monoisotopic (exact) mass is 265 g/mol. The zero-order valence-corrected chi connectivity index (χ0v) is 10.4. The second kappa shape index (κ2) is 5.01. The summed E-state index contributed by atoms with van der Waals surface area (Å²) in [6, 6.07) is 4.84. The summed E-state index contributed by atoms with van der Waals surface area (Å²) in [6.45, 7) is 2.01. The number of aryl methyl sites for hydroxylation is 1. The lowest BCUT2D eigenvalue weighted by molar-refractivity contribution is -0.386. The third-order valence-electron chi connectivity index (χ3n) is 2.25. The molecule has 0 radical (unpaired) electrons. The molecule has 0 aliphatic carbocycles. The standard InChI is InChI=1S/C11H11N3O3S/c1-7-2-3-10(9(4-7)14(15)16)17-6-8-5-13-11(12)18-8/h2-5H,6H2,1H3,(H2,12,13). The number of hydrogen-bond acceptors (Lipinski definition) is 6. The van der Waals surface area contributed by atoms with E-state index in [0.29, 0.717) is 5.13 Å². The van der Waals surface area contributed by atoms with Gasteiger partial charge in [0.15, 0.2) is 10.9 Å². The number of hydrogen-bond donors (Lipinski definition) is 1. The van der Waals surface area contributed by atoms with E-state index in [2.05, 4.69) is 4.98 Å². The van der Waals surface area contributed by atoms with Gasteiger partial charge < -0.3 is 10.5 Å². The molecule has 0 saturated carbocycles. The van der Waals surface area contributed by atoms with Crippen molar-refractivity contribution < 1.29 is 9.66 Å². The molecule has 6 nitrogen and oxygen atoms in total. The van der Waals surface area contributed by atoms with Gasteiger partial charge in [0.25, 0.3) is 0 Å². The maximum Gasteiger partial charge on any atom is 0.311 e. The fourth-order valence-electron chi connectivity index (χ4n) is 1.43. The summed E-state index contributed by atoms with van der Waals surface area (Å²) >= 11 is 1.30. The van der Waals surface area contributed by atoms with E-state index in [1.807, 2.05) is 0 Å². The van der Waals surface area contributed by atoms with Crippen LogP contribution in [0.15, 0.2) is 24.4 Å². The molecule has 0 aliphatic heterocycles. The first-order valence-corrected chi connectivity index (χ1v) is 5.96. The Bertz CT molecular complexity index is 583. The minimum Gasteiger partial charge on any atom is -0.481 e. The van der Waals surface area contributed by atoms with Gasteiger partial charge >= 0.3 is 5.69 Å². The summed E-state index contributed by atoms with van der Waals surface area (Å²) in [4.78, 5) is 15.1. The summed E-state index contributed by atoms with van der Waals surface area (Å²) < 4.78 is 5.43. The summed E-state index contributed by atoms with van der Waals surface area (Å²) in [5.41, 5.74) is 6.27. The summed E-state index contributed by atoms with van der Waals surface area (Å²) in [5, 5.41) is 11.3. The van der Waals surface area contributed by atoms with Crippen molar-refractivity contribution in [3.63, 3.8) is 0 Å². The molecule has 0 unspecified atom stereocenters. The molecule has 1 heterocycles. The van der Waals surface area contributed by atoms with Crippen LogP contribution in [0.2, 0.25) is 0 Å². The number of nitro benzene ring substituents is 1. The zero-order chi connectivity index (χ0) is 13.1. The van der Waals surface area contributed by atoms with Gasteiger partial charge in [0.1, 0.15) is 6.61 Å². The highest BCUT2D eigenvalue weighted by molar-refractivity contribution is 7.15. The normalized spacial score (nSPS) is 10.3. The molecule has 1 aromatic carbocycles. The number of aromatic nitrogens is 1. The van der Waals surface area contributed by atoms with E-state index >= 15 is 0 Å². The van der Waals surface area contributed by atoms with Crippen molar-refractivity contribution in [2.75, 3.05) is 5.73 Å². The Morgan fingerprint density at radius 3 is 2.94 bits per heavy atom. The Morgan fingerprint density at radius 2 is 2.33 bits per heavy atom. The molecule has 0 amide bonds. The maximum absolute atomic E-state index is 10.9. The lowest BCUT2D eigenvalue weighted by atomic mass is 10.2. The van der Waals surface area contributed by atoms with Crippen LogP contribution in [0.3, 0.4) is 0 Å². The van der Waals surface area contributed by atoms with Gasteiger partial charge in [0.05, 0.1) is 9.80 Å². The van der Waals surface area contributed by atoms with E-state index in [4.69, 9.17) is 10.5 Å². The third kappa shape index (κ3) is 2.75. The molecule has 2 N–H and O–H groups in total. The predicted molar refractivity (Wildman–Crippen MR) is 68.7 cm³/mol. The van der Waals surface area contributed by atoms with Gasteiger partial charge in [-0.3, -0.25) is 10.1 Å². The van der Waals surface area contributed by atoms with E-state index < -0.39 is 4.92 Å². The van der Waals surface area contributed by atoms with Gasteiger partial charge in [-0.05, 0) is 18.6 Å². The molecule has 2 aromatic rings. The average Bonchev–Trinajstić information content (AvgIpc) is 2.73. The summed E-state index contributed by atoms with van der Waals surface area (Å²) in [5.74, 6) is 0.248. The van der Waals surface area contributed by atoms with E-state index in [-0.39, 0.29) is 18.0 Å². The molecule has 1 aromatic heterocycles. The number of nitrogen functional groups attached to an aromatic ring is 1. The smallest absolute Gasteiger partial charge is 0.311 e. The van der Waals surface area contributed by atoms with E-state index in [1.165, 1.54) is 17.4 Å². The lowest BCUT2D eigenvalue weighted by Gasteiger charge is -2.05. The molecule has 2 rings (SSSR count). The van der Waals surface area contributed by atoms with Crippen LogP contribution >= 0.6 is 11.3 Å². The topological polar surface area (TPSA) is 91.3 Å². The number of thiazole rings is 1. The number of anilines is 1. The molecule has 0 saturated heterocycles. The fraction of sp³-hybridized carbons (Fsp3) is 0.182. The van der Waals surface area contributed by atoms with Crippen LogP contribution in [-0.4, -0.2) is 9.91 Å². The van der Waals surface area contributed by atoms with Crippen molar-refractivity contribution in [1.29, 1.82) is 0 Å². The number of ether oxygens (including phenoxy) is 1. The second-order valence-corrected chi connectivity index (χ2v) is 4.83. The highest BCUT2D eigenvalue weighted by atomic mass is 32.1. The molecule has 0 atom stereocenters. The molecule has 0 fully saturated rings. The van der Waals surface area contributed by atoms with Crippen LogP contribution in [0, 0.1) is 17.0 Å². The van der Waals surface area contributed by atoms with Crippen molar-refractivity contribution >= 4 is 22.2 Å². The number of nitrogens with two attached hydrogens (primary N) is 1. The van der Waals surface area contributed by atoms with Crippen LogP contribution in [-0.2, 0) is 6.61 Å². The van der Waals surface area contributed by atoms with E-state index in [0.717, 1.165) is 10.4 Å². The summed E-state index contributed by atoms with van der Waals surface area (Å²) in [6.07, 6.45) is 1.60. The Labute approximate surface area is 107 Å². The number of benzene rings is 1. The van der Waals surface area contributed by atoms with Crippen molar-refractivity contribution in [1.82, 2.24) is 4.98 Å². The first-order chi connectivity index (χ1) is 8.56. The van der Waals surface area contributed by atoms with Crippen LogP contribution < -0.4 is 10.5 Å². The Balaban J connectivity index is 2.16. The first kappa shape index (κ1) is 12.3. The molecule has 7 heteroatoms. The van der Waals surface area contributed by atoms with Crippen LogP contribution in [0.25, 0.3) is 0 Å². The third-order valence-corrected chi connectivity index (χ3v) is 3.05. The Hall–Kier alpha value is -2.15. The van der Waals surface area contributed by atoms with Crippen molar-refractivity contribution in [2.45, 2.75) is 13.5 Å². The first-order valence-electron chi connectivity index (χ1n) is 5.14. The van der Waals surface area contributed by atoms with Gasteiger partial charge in [-0.2, -0.15) is 0 Å². The minimum atomic E-state index is -0.455. The molecule has 18 heavy (non-hydrogen) atoms. The van der Waals surface area contributed by atoms with Crippen LogP contribution in [0.4, 0.5) is 10.8 Å². The molecular formula is C11H11N3O3S. The van der Waals surface area contributed by atoms with Gasteiger partial charge in [0, 0.05) is 12.3 Å². The number of nitro groups is 1. The van der Waals surface area contributed by atoms with Gasteiger partial charge in [0.2, 0.25) is 0 Å². The quantitative estimate of drug-likeness (QED) is 0.677. The number of nitrogens with zero attached hydrogens (tertiary/aromatic N) is 2. The largest absolute Gasteiger partial charge is 0.481 e. The molecule has 0 spiro atoms. The highest BCUT2D eigenvalue weighted by Crippen LogP contribution is 2.29. The average molecular weight is 265 g/mol. The van der Waals surface area contributed by atoms with Gasteiger partial charge in [-0.15, -0.1) is 0 Å². The van der Waals surface area contributed by atoms with Gasteiger partial charge in [-0.25, -0.2) is 4.98 Å². The Kier molecular flexibility index (Phi) is 3.42. The van der Waals surface area contributed by atoms with E-state index in [9.17, 15) is 10.1 Å². The lowest BCUT2D eigenvalue weighted by Crippen LogP contribution is -1.98. The van der Waals surface area contributed by atoms with Crippen molar-refractivity contribution in [3.05, 3.63) is 45.0 Å². The summed E-state index contributed by atoms with van der Waals surface area (Å²) in [7, 11) is 0. The molecular weight excluding hydrogens is 254 g/mol. The number of rotatable bonds is 4. The molecule has 94 valence electrons. The second-order valence-electron chi connectivity index (χ2n) is 3.68. The van der Waals surface area contributed by atoms with Gasteiger partial charge in [-0.1, -0.05) is 17.4 Å².